The Morgan fingerprint density at radius 3 is 2.56 bits per heavy atom. The number of nitrogens with one attached hydrogen (secondary N) is 1. The third-order valence-corrected chi connectivity index (χ3v) is 4.83. The van der Waals surface area contributed by atoms with Crippen molar-refractivity contribution < 1.29 is 14.3 Å². The van der Waals surface area contributed by atoms with Gasteiger partial charge in [0, 0.05) is 16.6 Å². The van der Waals surface area contributed by atoms with Crippen molar-refractivity contribution in [1.82, 2.24) is 5.32 Å². The topological polar surface area (TPSA) is 58.6 Å². The van der Waals surface area contributed by atoms with Crippen molar-refractivity contribution in [2.45, 2.75) is 25.9 Å². The highest BCUT2D eigenvalue weighted by atomic mass is 35.5. The number of hydrogen-bond acceptors (Lipinski definition) is 3. The number of halogens is 2. The molecule has 0 radical (unpaired) electrons. The maximum atomic E-state index is 12.7. The Morgan fingerprint density at radius 2 is 1.85 bits per heavy atom. The molecule has 5 nitrogen and oxygen atoms in total. The second-order valence-corrected chi connectivity index (χ2v) is 7.15. The summed E-state index contributed by atoms with van der Waals surface area (Å²) in [6.07, 6.45) is 0.607. The highest BCUT2D eigenvalue weighted by Crippen LogP contribution is 2.36. The first kappa shape index (κ1) is 19.5. The minimum absolute atomic E-state index is 0.0767. The van der Waals surface area contributed by atoms with Gasteiger partial charge in [-0.3, -0.25) is 14.5 Å². The number of amides is 2. The first-order chi connectivity index (χ1) is 13.0. The molecule has 1 aliphatic rings. The molecule has 1 N–H and O–H groups in total. The first-order valence-corrected chi connectivity index (χ1v) is 9.52. The fraction of sp³-hybridized carbons (Fsp3) is 0.300. The molecule has 27 heavy (non-hydrogen) atoms. The smallest absolute Gasteiger partial charge is 0.268 e. The van der Waals surface area contributed by atoms with Crippen LogP contribution in [0.15, 0.2) is 42.5 Å². The zero-order valence-electron chi connectivity index (χ0n) is 14.9. The van der Waals surface area contributed by atoms with Crippen molar-refractivity contribution in [2.24, 2.45) is 0 Å². The monoisotopic (exact) mass is 406 g/mol. The molecular weight excluding hydrogens is 387 g/mol. The highest BCUT2D eigenvalue weighted by Gasteiger charge is 2.34. The van der Waals surface area contributed by atoms with Gasteiger partial charge in [0.05, 0.1) is 5.69 Å². The van der Waals surface area contributed by atoms with Crippen molar-refractivity contribution in [3.63, 3.8) is 0 Å². The molecule has 0 unspecified atom stereocenters. The summed E-state index contributed by atoms with van der Waals surface area (Å²) < 4.78 is 5.72. The van der Waals surface area contributed by atoms with E-state index in [1.54, 1.807) is 18.2 Å². The highest BCUT2D eigenvalue weighted by molar-refractivity contribution is 6.31. The van der Waals surface area contributed by atoms with E-state index in [1.165, 1.54) is 4.90 Å². The third-order valence-electron chi connectivity index (χ3n) is 4.34. The van der Waals surface area contributed by atoms with Crippen LogP contribution in [0.25, 0.3) is 0 Å². The Bertz CT molecular complexity index is 840. The number of anilines is 1. The van der Waals surface area contributed by atoms with Gasteiger partial charge in [-0.2, -0.15) is 0 Å². The molecular formula is C20H20Cl2N2O3. The number of benzene rings is 2. The summed E-state index contributed by atoms with van der Waals surface area (Å²) >= 11 is 11.9. The number of hydrogen-bond donors (Lipinski definition) is 1. The first-order valence-electron chi connectivity index (χ1n) is 8.76. The van der Waals surface area contributed by atoms with E-state index in [9.17, 15) is 9.59 Å². The lowest BCUT2D eigenvalue weighted by Crippen LogP contribution is -2.49. The molecule has 2 aromatic carbocycles. The summed E-state index contributed by atoms with van der Waals surface area (Å²) in [6.45, 7) is 2.26. The van der Waals surface area contributed by atoms with Crippen LogP contribution in [0.3, 0.4) is 0 Å². The van der Waals surface area contributed by atoms with Crippen LogP contribution < -0.4 is 15.0 Å². The summed E-state index contributed by atoms with van der Waals surface area (Å²) in [5.74, 6) is 0.0833. The molecule has 1 aliphatic heterocycles. The van der Waals surface area contributed by atoms with Crippen molar-refractivity contribution in [1.29, 1.82) is 0 Å². The van der Waals surface area contributed by atoms with Crippen molar-refractivity contribution in [2.75, 3.05) is 18.0 Å². The predicted octanol–water partition coefficient (Wildman–Crippen LogP) is 3.86. The summed E-state index contributed by atoms with van der Waals surface area (Å²) in [5, 5.41) is 4.01. The van der Waals surface area contributed by atoms with Crippen molar-refractivity contribution >= 4 is 40.7 Å². The van der Waals surface area contributed by atoms with Gasteiger partial charge in [-0.25, -0.2) is 0 Å². The Balaban J connectivity index is 1.64. The molecule has 142 valence electrons. The van der Waals surface area contributed by atoms with E-state index in [2.05, 4.69) is 5.32 Å². The van der Waals surface area contributed by atoms with Crippen LogP contribution in [0.2, 0.25) is 10.0 Å². The molecule has 2 aromatic rings. The summed E-state index contributed by atoms with van der Waals surface area (Å²) in [5.41, 5.74) is 1.59. The second-order valence-electron chi connectivity index (χ2n) is 6.28. The lowest BCUT2D eigenvalue weighted by molar-refractivity contribution is -0.129. The van der Waals surface area contributed by atoms with Crippen molar-refractivity contribution in [3.8, 4) is 5.75 Å². The van der Waals surface area contributed by atoms with Crippen LogP contribution in [-0.4, -0.2) is 31.0 Å². The molecule has 2 amide bonds. The normalized spacial score (nSPS) is 15.9. The largest absolute Gasteiger partial charge is 0.478 e. The second kappa shape index (κ2) is 8.63. The van der Waals surface area contributed by atoms with Gasteiger partial charge in [0.25, 0.3) is 5.91 Å². The number of nitrogens with zero attached hydrogens (tertiary/aromatic N) is 1. The molecule has 0 fully saturated rings. The fourth-order valence-electron chi connectivity index (χ4n) is 2.92. The Morgan fingerprint density at radius 1 is 1.15 bits per heavy atom. The maximum Gasteiger partial charge on any atom is 0.268 e. The minimum Gasteiger partial charge on any atom is -0.478 e. The van der Waals surface area contributed by atoms with Gasteiger partial charge in [-0.1, -0.05) is 42.3 Å². The summed E-state index contributed by atoms with van der Waals surface area (Å²) in [4.78, 5) is 26.5. The molecule has 0 aromatic heterocycles. The van der Waals surface area contributed by atoms with E-state index >= 15 is 0 Å². The fourth-order valence-corrected chi connectivity index (χ4v) is 3.21. The molecule has 0 saturated carbocycles. The Labute approximate surface area is 168 Å². The van der Waals surface area contributed by atoms with Gasteiger partial charge in [-0.15, -0.1) is 0 Å². The number of fused-ring (bicyclic) bond motifs is 1. The molecule has 0 spiro atoms. The summed E-state index contributed by atoms with van der Waals surface area (Å²) in [6, 6.07) is 12.5. The van der Waals surface area contributed by atoms with E-state index in [1.807, 2.05) is 31.2 Å². The molecule has 0 saturated heterocycles. The van der Waals surface area contributed by atoms with Gasteiger partial charge in [-0.05, 0) is 48.7 Å². The minimum atomic E-state index is -0.597. The lowest BCUT2D eigenvalue weighted by Gasteiger charge is -2.33. The van der Waals surface area contributed by atoms with Gasteiger partial charge in [0.1, 0.15) is 12.3 Å². The zero-order chi connectivity index (χ0) is 19.4. The Hall–Kier alpha value is -2.24. The van der Waals surface area contributed by atoms with Gasteiger partial charge in [0.2, 0.25) is 5.91 Å². The zero-order valence-corrected chi connectivity index (χ0v) is 16.4. The van der Waals surface area contributed by atoms with E-state index < -0.39 is 6.10 Å². The van der Waals surface area contributed by atoms with Gasteiger partial charge in [0.15, 0.2) is 6.10 Å². The molecule has 7 heteroatoms. The molecule has 0 aliphatic carbocycles. The number of ether oxygens (including phenoxy) is 1. The Kier molecular flexibility index (Phi) is 6.24. The van der Waals surface area contributed by atoms with Crippen LogP contribution in [0.5, 0.6) is 5.75 Å². The van der Waals surface area contributed by atoms with Crippen LogP contribution >= 0.6 is 23.2 Å². The van der Waals surface area contributed by atoms with E-state index in [0.717, 1.165) is 5.56 Å². The summed E-state index contributed by atoms with van der Waals surface area (Å²) in [7, 11) is 0. The molecule has 0 bridgehead atoms. The van der Waals surface area contributed by atoms with Gasteiger partial charge < -0.3 is 10.1 Å². The van der Waals surface area contributed by atoms with E-state index in [-0.39, 0.29) is 18.4 Å². The third kappa shape index (κ3) is 4.73. The molecule has 3 rings (SSSR count). The number of carbonyl (C=O) groups is 2. The average Bonchev–Trinajstić information content (AvgIpc) is 2.65. The van der Waals surface area contributed by atoms with Gasteiger partial charge >= 0.3 is 0 Å². The van der Waals surface area contributed by atoms with Crippen molar-refractivity contribution in [3.05, 3.63) is 58.1 Å². The van der Waals surface area contributed by atoms with E-state index in [4.69, 9.17) is 27.9 Å². The van der Waals surface area contributed by atoms with Crippen LogP contribution in [0.1, 0.15) is 18.9 Å². The van der Waals surface area contributed by atoms with Crippen LogP contribution in [0, 0.1) is 0 Å². The number of carbonyl (C=O) groups excluding carboxylic acids is 2. The van der Waals surface area contributed by atoms with Crippen LogP contribution in [0.4, 0.5) is 5.69 Å². The SMILES string of the molecule is CC[C@@H]1Oc2ccc(Cl)cc2N(CC(=O)NCCc2ccc(Cl)cc2)C1=O. The lowest BCUT2D eigenvalue weighted by atomic mass is 10.1. The predicted molar refractivity (Wildman–Crippen MR) is 107 cm³/mol. The molecule has 1 atom stereocenters. The quantitative estimate of drug-likeness (QED) is 0.792. The maximum absolute atomic E-state index is 12.7. The number of rotatable bonds is 6. The van der Waals surface area contributed by atoms with E-state index in [0.29, 0.717) is 40.9 Å². The van der Waals surface area contributed by atoms with Crippen LogP contribution in [-0.2, 0) is 16.0 Å². The molecule has 1 heterocycles. The standard InChI is InChI=1S/C20H20Cl2N2O3/c1-2-17-20(26)24(16-11-15(22)7-8-18(16)27-17)12-19(25)23-10-9-13-3-5-14(21)6-4-13/h3-8,11,17H,2,9-10,12H2,1H3,(H,23,25)/t17-/m0/s1. The average molecular weight is 407 g/mol.